The number of nitrogens with zero attached hydrogens (tertiary/aromatic N) is 4. The Hall–Kier alpha value is -5.42. The molecule has 206 valence electrons. The van der Waals surface area contributed by atoms with Gasteiger partial charge in [-0.2, -0.15) is 0 Å². The number of carbonyl (C=O) groups excluding carboxylic acids is 2. The quantitative estimate of drug-likeness (QED) is 0.216. The minimum Gasteiger partial charge on any atom is -0.508 e. The molecule has 5 aromatic rings. The van der Waals surface area contributed by atoms with Crippen molar-refractivity contribution in [1.29, 1.82) is 0 Å². The van der Waals surface area contributed by atoms with Crippen LogP contribution in [0, 0.1) is 0 Å². The first-order valence-electron chi connectivity index (χ1n) is 13.1. The summed E-state index contributed by atoms with van der Waals surface area (Å²) < 4.78 is 6.78. The van der Waals surface area contributed by atoms with Crippen LogP contribution < -0.4 is 20.9 Å². The number of hydrogen-bond acceptors (Lipinski definition) is 8. The second-order valence-corrected chi connectivity index (χ2v) is 9.43. The number of nitrogens with one attached hydrogen (secondary N) is 3. The van der Waals surface area contributed by atoms with Gasteiger partial charge in [-0.3, -0.25) is 9.36 Å². The summed E-state index contributed by atoms with van der Waals surface area (Å²) in [7, 11) is 0. The van der Waals surface area contributed by atoms with E-state index in [-0.39, 0.29) is 11.7 Å². The van der Waals surface area contributed by atoms with E-state index >= 15 is 0 Å². The predicted molar refractivity (Wildman–Crippen MR) is 157 cm³/mol. The molecule has 2 amide bonds. The second-order valence-electron chi connectivity index (χ2n) is 9.43. The lowest BCUT2D eigenvalue weighted by atomic mass is 10.1. The van der Waals surface area contributed by atoms with Crippen LogP contribution in [-0.4, -0.2) is 57.9 Å². The van der Waals surface area contributed by atoms with Gasteiger partial charge in [-0.25, -0.2) is 14.8 Å². The van der Waals surface area contributed by atoms with E-state index < -0.39 is 6.03 Å². The summed E-state index contributed by atoms with van der Waals surface area (Å²) in [4.78, 5) is 36.9. The fourth-order valence-corrected chi connectivity index (χ4v) is 4.60. The summed E-state index contributed by atoms with van der Waals surface area (Å²) in [6.45, 7) is 3.10. The molecule has 1 saturated heterocycles. The van der Waals surface area contributed by atoms with E-state index in [1.807, 2.05) is 24.3 Å². The zero-order valence-electron chi connectivity index (χ0n) is 21.9. The van der Waals surface area contributed by atoms with E-state index in [0.29, 0.717) is 47.0 Å². The Morgan fingerprint density at radius 2 is 1.59 bits per heavy atom. The monoisotopic (exact) mass is 549 g/mol. The molecule has 0 saturated carbocycles. The molecule has 6 rings (SSSR count). The van der Waals surface area contributed by atoms with Crippen molar-refractivity contribution in [2.45, 2.75) is 0 Å². The molecule has 1 aliphatic rings. The third-order valence-corrected chi connectivity index (χ3v) is 6.71. The lowest BCUT2D eigenvalue weighted by Crippen LogP contribution is -2.36. The molecule has 41 heavy (non-hydrogen) atoms. The van der Waals surface area contributed by atoms with Crippen LogP contribution in [0.2, 0.25) is 0 Å². The molecule has 0 spiro atoms. The average Bonchev–Trinajstić information content (AvgIpc) is 3.45. The van der Waals surface area contributed by atoms with Crippen molar-refractivity contribution in [3.63, 3.8) is 0 Å². The highest BCUT2D eigenvalue weighted by molar-refractivity contribution is 6.06. The topological polar surface area (TPSA) is 134 Å². The predicted octanol–water partition coefficient (Wildman–Crippen LogP) is 5.05. The first-order valence-corrected chi connectivity index (χ1v) is 13.1. The molecular formula is C30H27N7O4. The number of morpholine rings is 1. The van der Waals surface area contributed by atoms with Crippen molar-refractivity contribution in [2.24, 2.45) is 0 Å². The SMILES string of the molecule is O=C(Nc1ccc(N2CCOCC2)cc1)c1cccc(NC(=O)n2ccc3c(Nc4ccc(O)cc4)ncnc32)c1. The molecule has 0 unspecified atom stereocenters. The molecule has 3 heterocycles. The number of aromatic hydroxyl groups is 1. The average molecular weight is 550 g/mol. The number of rotatable bonds is 6. The molecular weight excluding hydrogens is 522 g/mol. The maximum atomic E-state index is 13.2. The molecule has 3 aromatic carbocycles. The fourth-order valence-electron chi connectivity index (χ4n) is 4.60. The largest absolute Gasteiger partial charge is 0.508 e. The molecule has 4 N–H and O–H groups in total. The van der Waals surface area contributed by atoms with Crippen LogP contribution in [0.25, 0.3) is 11.0 Å². The molecule has 0 radical (unpaired) electrons. The van der Waals surface area contributed by atoms with E-state index in [9.17, 15) is 14.7 Å². The van der Waals surface area contributed by atoms with Crippen LogP contribution in [0.4, 0.5) is 33.4 Å². The summed E-state index contributed by atoms with van der Waals surface area (Å²) in [6.07, 6.45) is 2.97. The van der Waals surface area contributed by atoms with Crippen molar-refractivity contribution in [3.8, 4) is 5.75 Å². The highest BCUT2D eigenvalue weighted by atomic mass is 16.5. The molecule has 0 aliphatic carbocycles. The van der Waals surface area contributed by atoms with Gasteiger partial charge in [0.05, 0.1) is 18.6 Å². The van der Waals surface area contributed by atoms with Crippen LogP contribution in [0.1, 0.15) is 10.4 Å². The van der Waals surface area contributed by atoms with Crippen molar-refractivity contribution in [2.75, 3.05) is 47.2 Å². The Morgan fingerprint density at radius 3 is 2.37 bits per heavy atom. The number of carbonyl (C=O) groups is 2. The van der Waals surface area contributed by atoms with Crippen LogP contribution in [-0.2, 0) is 4.74 Å². The molecule has 11 nitrogen and oxygen atoms in total. The van der Waals surface area contributed by atoms with E-state index in [1.165, 1.54) is 10.9 Å². The third kappa shape index (κ3) is 5.80. The summed E-state index contributed by atoms with van der Waals surface area (Å²) in [5, 5.41) is 19.1. The van der Waals surface area contributed by atoms with Gasteiger partial charge in [0, 0.05) is 47.6 Å². The Bertz CT molecular complexity index is 1690. The zero-order chi connectivity index (χ0) is 28.2. The zero-order valence-corrected chi connectivity index (χ0v) is 21.9. The number of fused-ring (bicyclic) bond motifs is 1. The van der Waals surface area contributed by atoms with Gasteiger partial charge in [0.2, 0.25) is 0 Å². The van der Waals surface area contributed by atoms with Gasteiger partial charge >= 0.3 is 6.03 Å². The van der Waals surface area contributed by atoms with Crippen LogP contribution in [0.5, 0.6) is 5.75 Å². The van der Waals surface area contributed by atoms with Gasteiger partial charge in [0.1, 0.15) is 17.9 Å². The smallest absolute Gasteiger partial charge is 0.331 e. The third-order valence-electron chi connectivity index (χ3n) is 6.71. The summed E-state index contributed by atoms with van der Waals surface area (Å²) >= 11 is 0. The lowest BCUT2D eigenvalue weighted by molar-refractivity contribution is 0.102. The number of benzene rings is 3. The maximum Gasteiger partial charge on any atom is 0.331 e. The van der Waals surface area contributed by atoms with Crippen molar-refractivity contribution < 1.29 is 19.4 Å². The van der Waals surface area contributed by atoms with Gasteiger partial charge in [0.15, 0.2) is 5.65 Å². The Morgan fingerprint density at radius 1 is 0.829 bits per heavy atom. The summed E-state index contributed by atoms with van der Waals surface area (Å²) in [6, 6.07) is 22.3. The fraction of sp³-hybridized carbons (Fsp3) is 0.133. The van der Waals surface area contributed by atoms with Crippen molar-refractivity contribution in [1.82, 2.24) is 14.5 Å². The highest BCUT2D eigenvalue weighted by Crippen LogP contribution is 2.25. The molecule has 0 atom stereocenters. The van der Waals surface area contributed by atoms with Crippen LogP contribution in [0.15, 0.2) is 91.4 Å². The van der Waals surface area contributed by atoms with E-state index in [0.717, 1.165) is 24.5 Å². The summed E-state index contributed by atoms with van der Waals surface area (Å²) in [5.41, 5.74) is 3.76. The number of hydrogen-bond donors (Lipinski definition) is 4. The summed E-state index contributed by atoms with van der Waals surface area (Å²) in [5.74, 6) is 0.388. The number of anilines is 5. The minimum absolute atomic E-state index is 0.158. The second kappa shape index (κ2) is 11.4. The van der Waals surface area contributed by atoms with Gasteiger partial charge in [-0.1, -0.05) is 6.07 Å². The minimum atomic E-state index is -0.439. The maximum absolute atomic E-state index is 13.2. The normalized spacial score (nSPS) is 13.1. The molecule has 11 heteroatoms. The lowest BCUT2D eigenvalue weighted by Gasteiger charge is -2.28. The Labute approximate surface area is 235 Å². The van der Waals surface area contributed by atoms with Crippen LogP contribution in [0.3, 0.4) is 0 Å². The number of phenols is 1. The van der Waals surface area contributed by atoms with Crippen molar-refractivity contribution in [3.05, 3.63) is 97.0 Å². The number of aromatic nitrogens is 3. The molecule has 2 aromatic heterocycles. The van der Waals surface area contributed by atoms with Crippen LogP contribution >= 0.6 is 0 Å². The van der Waals surface area contributed by atoms with Gasteiger partial charge < -0.3 is 30.7 Å². The standard InChI is InChI=1S/C30H27N7O4/c38-25-10-6-21(7-11-25)33-27-26-12-13-37(28(26)32-19-31-27)30(40)35-23-3-1-2-20(18-23)29(39)34-22-4-8-24(9-5-22)36-14-16-41-17-15-36/h1-13,18-19,38H,14-17H2,(H,34,39)(H,35,40)(H,31,32,33). The molecule has 1 aliphatic heterocycles. The molecule has 1 fully saturated rings. The van der Waals surface area contributed by atoms with E-state index in [4.69, 9.17) is 4.74 Å². The number of phenolic OH excluding ortho intramolecular Hbond substituents is 1. The number of ether oxygens (including phenoxy) is 1. The van der Waals surface area contributed by atoms with E-state index in [1.54, 1.807) is 60.8 Å². The Kier molecular flexibility index (Phi) is 7.16. The van der Waals surface area contributed by atoms with Gasteiger partial charge in [-0.15, -0.1) is 0 Å². The van der Waals surface area contributed by atoms with Gasteiger partial charge in [-0.05, 0) is 72.8 Å². The Balaban J connectivity index is 1.13. The molecule has 0 bridgehead atoms. The van der Waals surface area contributed by atoms with Crippen molar-refractivity contribution >= 4 is 51.5 Å². The first kappa shape index (κ1) is 25.8. The van der Waals surface area contributed by atoms with E-state index in [2.05, 4.69) is 30.8 Å². The first-order chi connectivity index (χ1) is 20.0. The van der Waals surface area contributed by atoms with Gasteiger partial charge in [0.25, 0.3) is 5.91 Å². The highest BCUT2D eigenvalue weighted by Gasteiger charge is 2.15. The number of amides is 2.